The van der Waals surface area contributed by atoms with Crippen LogP contribution < -0.4 is 5.32 Å². The molecule has 0 aliphatic rings. The van der Waals surface area contributed by atoms with Crippen LogP contribution in [0.5, 0.6) is 0 Å². The zero-order chi connectivity index (χ0) is 13.8. The molecular weight excluding hydrogens is 313 g/mol. The number of furan rings is 1. The molecule has 1 heterocycles. The maximum atomic E-state index is 13.1. The Labute approximate surface area is 118 Å². The van der Waals surface area contributed by atoms with Gasteiger partial charge in [-0.2, -0.15) is 0 Å². The number of amides is 1. The summed E-state index contributed by atoms with van der Waals surface area (Å²) in [5.74, 6) is 0.188. The lowest BCUT2D eigenvalue weighted by atomic mass is 10.1. The highest BCUT2D eigenvalue weighted by Crippen LogP contribution is 2.17. The van der Waals surface area contributed by atoms with Crippen molar-refractivity contribution in [3.63, 3.8) is 0 Å². The van der Waals surface area contributed by atoms with E-state index >= 15 is 0 Å². The van der Waals surface area contributed by atoms with Crippen molar-refractivity contribution in [1.82, 2.24) is 5.32 Å². The highest BCUT2D eigenvalue weighted by Gasteiger charge is 2.12. The van der Waals surface area contributed by atoms with E-state index in [1.54, 1.807) is 12.3 Å². The Hall–Kier alpha value is -1.62. The van der Waals surface area contributed by atoms with E-state index in [9.17, 15) is 9.18 Å². The molecule has 0 aliphatic heterocycles. The third-order valence-corrected chi connectivity index (χ3v) is 3.25. The minimum absolute atomic E-state index is 0.0671. The summed E-state index contributed by atoms with van der Waals surface area (Å²) in [7, 11) is 0. The lowest BCUT2D eigenvalue weighted by Crippen LogP contribution is -2.34. The number of halogens is 2. The average Bonchev–Trinajstić information content (AvgIpc) is 2.85. The Morgan fingerprint density at radius 1 is 1.47 bits per heavy atom. The van der Waals surface area contributed by atoms with E-state index in [2.05, 4.69) is 21.2 Å². The monoisotopic (exact) mass is 325 g/mol. The van der Waals surface area contributed by atoms with Gasteiger partial charge in [-0.25, -0.2) is 4.39 Å². The summed E-state index contributed by atoms with van der Waals surface area (Å²) < 4.78 is 18.6. The van der Waals surface area contributed by atoms with Gasteiger partial charge in [0.05, 0.1) is 10.7 Å². The fourth-order valence-electron chi connectivity index (χ4n) is 1.73. The van der Waals surface area contributed by atoms with Gasteiger partial charge >= 0.3 is 0 Å². The van der Waals surface area contributed by atoms with E-state index in [4.69, 9.17) is 4.42 Å². The Morgan fingerprint density at radius 2 is 2.26 bits per heavy atom. The topological polar surface area (TPSA) is 42.2 Å². The molecule has 0 saturated carbocycles. The van der Waals surface area contributed by atoms with Gasteiger partial charge in [0.25, 0.3) is 5.91 Å². The molecule has 0 saturated heterocycles. The molecule has 100 valence electrons. The maximum absolute atomic E-state index is 13.1. The molecule has 0 radical (unpaired) electrons. The van der Waals surface area contributed by atoms with Gasteiger partial charge in [-0.1, -0.05) is 0 Å². The van der Waals surface area contributed by atoms with Crippen LogP contribution in [-0.2, 0) is 6.42 Å². The van der Waals surface area contributed by atoms with E-state index in [1.165, 1.54) is 18.2 Å². The maximum Gasteiger partial charge on any atom is 0.251 e. The molecule has 0 spiro atoms. The van der Waals surface area contributed by atoms with Crippen LogP contribution in [0, 0.1) is 5.82 Å². The molecule has 1 N–H and O–H groups in total. The van der Waals surface area contributed by atoms with Gasteiger partial charge in [0.1, 0.15) is 11.6 Å². The summed E-state index contributed by atoms with van der Waals surface area (Å²) in [5, 5.41) is 2.84. The van der Waals surface area contributed by atoms with Crippen LogP contribution in [0.4, 0.5) is 4.39 Å². The smallest absolute Gasteiger partial charge is 0.251 e. The molecule has 5 heteroatoms. The quantitative estimate of drug-likeness (QED) is 0.934. The number of hydrogen-bond donors (Lipinski definition) is 1. The van der Waals surface area contributed by atoms with E-state index < -0.39 is 0 Å². The fraction of sp³-hybridized carbons (Fsp3) is 0.214. The van der Waals surface area contributed by atoms with E-state index in [0.29, 0.717) is 12.0 Å². The summed E-state index contributed by atoms with van der Waals surface area (Å²) in [6, 6.07) is 7.77. The van der Waals surface area contributed by atoms with Crippen molar-refractivity contribution in [2.75, 3.05) is 0 Å². The molecule has 3 nitrogen and oxygen atoms in total. The van der Waals surface area contributed by atoms with E-state index in [-0.39, 0.29) is 22.2 Å². The van der Waals surface area contributed by atoms with Gasteiger partial charge < -0.3 is 9.73 Å². The molecule has 1 amide bonds. The fourth-order valence-corrected chi connectivity index (χ4v) is 2.10. The lowest BCUT2D eigenvalue weighted by molar-refractivity contribution is 0.0939. The molecule has 1 atom stereocenters. The predicted molar refractivity (Wildman–Crippen MR) is 73.4 cm³/mol. The second-order valence-electron chi connectivity index (χ2n) is 4.29. The van der Waals surface area contributed by atoms with Crippen molar-refractivity contribution in [1.29, 1.82) is 0 Å². The third kappa shape index (κ3) is 3.67. The summed E-state index contributed by atoms with van der Waals surface area (Å²) in [4.78, 5) is 12.0. The van der Waals surface area contributed by atoms with Gasteiger partial charge in [0.15, 0.2) is 0 Å². The first kappa shape index (κ1) is 13.8. The number of benzene rings is 1. The van der Waals surface area contributed by atoms with Crippen LogP contribution in [0.25, 0.3) is 0 Å². The van der Waals surface area contributed by atoms with Gasteiger partial charge in [-0.15, -0.1) is 0 Å². The van der Waals surface area contributed by atoms with Gasteiger partial charge in [0.2, 0.25) is 0 Å². The molecule has 1 aromatic heterocycles. The molecule has 0 aliphatic carbocycles. The standard InChI is InChI=1S/C14H13BrFNO2/c1-9(7-11-3-2-6-19-11)17-14(18)10-4-5-13(16)12(15)8-10/h2-6,8-9H,7H2,1H3,(H,17,18). The van der Waals surface area contributed by atoms with Crippen LogP contribution in [-0.4, -0.2) is 11.9 Å². The molecule has 1 unspecified atom stereocenters. The number of rotatable bonds is 4. The van der Waals surface area contributed by atoms with E-state index in [0.717, 1.165) is 5.76 Å². The number of carbonyl (C=O) groups excluding carboxylic acids is 1. The minimum atomic E-state index is -0.389. The molecule has 19 heavy (non-hydrogen) atoms. The minimum Gasteiger partial charge on any atom is -0.469 e. The molecule has 2 aromatic rings. The second kappa shape index (κ2) is 6.02. The molecular formula is C14H13BrFNO2. The van der Waals surface area contributed by atoms with Crippen LogP contribution in [0.3, 0.4) is 0 Å². The number of hydrogen-bond acceptors (Lipinski definition) is 2. The zero-order valence-corrected chi connectivity index (χ0v) is 11.9. The largest absolute Gasteiger partial charge is 0.469 e. The molecule has 1 aromatic carbocycles. The van der Waals surface area contributed by atoms with Crippen molar-refractivity contribution in [3.05, 3.63) is 58.2 Å². The van der Waals surface area contributed by atoms with Crippen LogP contribution in [0.2, 0.25) is 0 Å². The molecule has 2 rings (SSSR count). The van der Waals surface area contributed by atoms with Crippen molar-refractivity contribution in [3.8, 4) is 0 Å². The summed E-state index contributed by atoms with van der Waals surface area (Å²) >= 11 is 3.06. The van der Waals surface area contributed by atoms with Crippen LogP contribution in [0.1, 0.15) is 23.0 Å². The average molecular weight is 326 g/mol. The highest BCUT2D eigenvalue weighted by molar-refractivity contribution is 9.10. The van der Waals surface area contributed by atoms with Crippen LogP contribution in [0.15, 0.2) is 45.5 Å². The predicted octanol–water partition coefficient (Wildman–Crippen LogP) is 3.54. The highest BCUT2D eigenvalue weighted by atomic mass is 79.9. The molecule has 0 bridgehead atoms. The Morgan fingerprint density at radius 3 is 2.89 bits per heavy atom. The van der Waals surface area contributed by atoms with Crippen molar-refractivity contribution >= 4 is 21.8 Å². The first-order chi connectivity index (χ1) is 9.06. The first-order valence-electron chi connectivity index (χ1n) is 5.84. The summed E-state index contributed by atoms with van der Waals surface area (Å²) in [6.07, 6.45) is 2.21. The van der Waals surface area contributed by atoms with Crippen molar-refractivity contribution in [2.45, 2.75) is 19.4 Å². The van der Waals surface area contributed by atoms with Crippen LogP contribution >= 0.6 is 15.9 Å². The van der Waals surface area contributed by atoms with Gasteiger partial charge in [-0.3, -0.25) is 4.79 Å². The summed E-state index contributed by atoms with van der Waals surface area (Å²) in [5.41, 5.74) is 0.416. The lowest BCUT2D eigenvalue weighted by Gasteiger charge is -2.12. The Balaban J connectivity index is 1.98. The van der Waals surface area contributed by atoms with Crippen molar-refractivity contribution < 1.29 is 13.6 Å². The normalized spacial score (nSPS) is 12.2. The Kier molecular flexibility index (Phi) is 4.37. The Bertz CT molecular complexity index is 569. The van der Waals surface area contributed by atoms with Gasteiger partial charge in [-0.05, 0) is 53.2 Å². The SMILES string of the molecule is CC(Cc1ccco1)NC(=O)c1ccc(F)c(Br)c1. The van der Waals surface area contributed by atoms with E-state index in [1.807, 2.05) is 13.0 Å². The number of carbonyl (C=O) groups is 1. The second-order valence-corrected chi connectivity index (χ2v) is 5.14. The third-order valence-electron chi connectivity index (χ3n) is 2.65. The van der Waals surface area contributed by atoms with Crippen molar-refractivity contribution in [2.24, 2.45) is 0 Å². The summed E-state index contributed by atoms with van der Waals surface area (Å²) in [6.45, 7) is 1.89. The number of nitrogens with one attached hydrogen (secondary N) is 1. The zero-order valence-electron chi connectivity index (χ0n) is 10.3. The molecule has 0 fully saturated rings. The first-order valence-corrected chi connectivity index (χ1v) is 6.64. The van der Waals surface area contributed by atoms with Gasteiger partial charge in [0, 0.05) is 18.0 Å².